The summed E-state index contributed by atoms with van der Waals surface area (Å²) in [7, 11) is 1.50. The molecule has 0 radical (unpaired) electrons. The van der Waals surface area contributed by atoms with Crippen LogP contribution in [0.1, 0.15) is 27.9 Å². The van der Waals surface area contributed by atoms with Gasteiger partial charge in [0, 0.05) is 18.2 Å². The summed E-state index contributed by atoms with van der Waals surface area (Å²) in [6, 6.07) is 7.68. The summed E-state index contributed by atoms with van der Waals surface area (Å²) in [5.74, 6) is -1.76. The molecule has 1 atom stereocenters. The second kappa shape index (κ2) is 7.40. The van der Waals surface area contributed by atoms with Gasteiger partial charge < -0.3 is 15.0 Å². The standard InChI is InChI=1S/C21H19F2N3O4/c1-30-15-5-3-13-10-26(18(27)16(13)9-15)11-21(19(28)24-20(29)25-21)7-6-12-2-4-14(22)8-17(12)23/h2-5,8-9H,6-7,10-11H2,1H3,(H2,24,25,28,29)/t21-/m1/s1. The van der Waals surface area contributed by atoms with E-state index in [0.717, 1.165) is 17.7 Å². The minimum absolute atomic E-state index is 0.0383. The third kappa shape index (κ3) is 3.47. The highest BCUT2D eigenvalue weighted by Crippen LogP contribution is 2.30. The van der Waals surface area contributed by atoms with Gasteiger partial charge >= 0.3 is 6.03 Å². The van der Waals surface area contributed by atoms with Crippen molar-refractivity contribution < 1.29 is 27.9 Å². The highest BCUT2D eigenvalue weighted by Gasteiger charge is 2.48. The lowest BCUT2D eigenvalue weighted by atomic mass is 9.90. The lowest BCUT2D eigenvalue weighted by Gasteiger charge is -2.31. The zero-order chi connectivity index (χ0) is 21.5. The number of methoxy groups -OCH3 is 1. The number of ether oxygens (including phenoxy) is 1. The average molecular weight is 415 g/mol. The maximum Gasteiger partial charge on any atom is 0.322 e. The first-order valence-corrected chi connectivity index (χ1v) is 9.35. The molecule has 0 saturated carbocycles. The zero-order valence-electron chi connectivity index (χ0n) is 16.1. The second-order valence-corrected chi connectivity index (χ2v) is 7.41. The number of rotatable bonds is 6. The number of fused-ring (bicyclic) bond motifs is 1. The molecule has 2 heterocycles. The molecular formula is C21H19F2N3O4. The molecular weight excluding hydrogens is 396 g/mol. The summed E-state index contributed by atoms with van der Waals surface area (Å²) in [5, 5.41) is 4.80. The Morgan fingerprint density at radius 2 is 1.93 bits per heavy atom. The smallest absolute Gasteiger partial charge is 0.322 e. The van der Waals surface area contributed by atoms with Crippen LogP contribution in [-0.2, 0) is 17.8 Å². The van der Waals surface area contributed by atoms with Crippen LogP contribution in [0.25, 0.3) is 0 Å². The van der Waals surface area contributed by atoms with Crippen LogP contribution >= 0.6 is 0 Å². The lowest BCUT2D eigenvalue weighted by Crippen LogP contribution is -2.55. The summed E-state index contributed by atoms with van der Waals surface area (Å²) in [4.78, 5) is 38.8. The van der Waals surface area contributed by atoms with E-state index in [4.69, 9.17) is 4.74 Å². The van der Waals surface area contributed by atoms with Crippen molar-refractivity contribution in [3.63, 3.8) is 0 Å². The highest BCUT2D eigenvalue weighted by molar-refractivity contribution is 6.08. The molecule has 0 aliphatic carbocycles. The van der Waals surface area contributed by atoms with Crippen molar-refractivity contribution >= 4 is 17.8 Å². The Kier molecular flexibility index (Phi) is 4.89. The summed E-state index contributed by atoms with van der Waals surface area (Å²) < 4.78 is 32.4. The highest BCUT2D eigenvalue weighted by atomic mass is 19.1. The summed E-state index contributed by atoms with van der Waals surface area (Å²) >= 11 is 0. The molecule has 156 valence electrons. The normalized spacial score (nSPS) is 20.2. The van der Waals surface area contributed by atoms with E-state index in [-0.39, 0.29) is 37.4 Å². The molecule has 2 N–H and O–H groups in total. The predicted octanol–water partition coefficient (Wildman–Crippen LogP) is 2.14. The van der Waals surface area contributed by atoms with Gasteiger partial charge in [0.15, 0.2) is 0 Å². The first kappa shape index (κ1) is 19.8. The van der Waals surface area contributed by atoms with Crippen LogP contribution in [0.15, 0.2) is 36.4 Å². The van der Waals surface area contributed by atoms with E-state index in [9.17, 15) is 23.2 Å². The van der Waals surface area contributed by atoms with Gasteiger partial charge in [0.2, 0.25) is 0 Å². The molecule has 9 heteroatoms. The summed E-state index contributed by atoms with van der Waals surface area (Å²) in [6.45, 7) is 0.192. The number of nitrogens with one attached hydrogen (secondary N) is 2. The number of amides is 4. The molecule has 4 rings (SSSR count). The first-order chi connectivity index (χ1) is 14.3. The second-order valence-electron chi connectivity index (χ2n) is 7.41. The molecule has 0 unspecified atom stereocenters. The van der Waals surface area contributed by atoms with Crippen molar-refractivity contribution in [2.75, 3.05) is 13.7 Å². The minimum Gasteiger partial charge on any atom is -0.497 e. The molecule has 30 heavy (non-hydrogen) atoms. The van der Waals surface area contributed by atoms with E-state index < -0.39 is 29.1 Å². The van der Waals surface area contributed by atoms with E-state index in [1.165, 1.54) is 18.1 Å². The minimum atomic E-state index is -1.42. The maximum absolute atomic E-state index is 14.0. The van der Waals surface area contributed by atoms with Crippen molar-refractivity contribution in [2.24, 2.45) is 0 Å². The monoisotopic (exact) mass is 415 g/mol. The number of hydrogen-bond donors (Lipinski definition) is 2. The summed E-state index contributed by atoms with van der Waals surface area (Å²) in [5.41, 5.74) is 0.0502. The fourth-order valence-corrected chi connectivity index (χ4v) is 3.89. The Labute approximate surface area is 171 Å². The molecule has 0 bridgehead atoms. The fraction of sp³-hybridized carbons (Fsp3) is 0.286. The Hall–Kier alpha value is -3.49. The van der Waals surface area contributed by atoms with Crippen LogP contribution in [-0.4, -0.2) is 41.9 Å². The molecule has 4 amide bonds. The van der Waals surface area contributed by atoms with E-state index >= 15 is 0 Å². The van der Waals surface area contributed by atoms with Gasteiger partial charge in [-0.05, 0) is 42.2 Å². The van der Waals surface area contributed by atoms with Crippen molar-refractivity contribution in [3.05, 3.63) is 64.7 Å². The molecule has 2 aromatic carbocycles. The summed E-state index contributed by atoms with van der Waals surface area (Å²) in [6.07, 6.45) is 0.110. The molecule has 2 aliphatic heterocycles. The van der Waals surface area contributed by atoms with E-state index in [1.807, 2.05) is 0 Å². The Morgan fingerprint density at radius 3 is 2.60 bits per heavy atom. The van der Waals surface area contributed by atoms with Gasteiger partial charge in [-0.3, -0.25) is 14.9 Å². The number of urea groups is 1. The lowest BCUT2D eigenvalue weighted by molar-refractivity contribution is -0.124. The van der Waals surface area contributed by atoms with Crippen LogP contribution in [0.2, 0.25) is 0 Å². The number of imide groups is 1. The number of carbonyl (C=O) groups is 3. The number of carbonyl (C=O) groups excluding carboxylic acids is 3. The fourth-order valence-electron chi connectivity index (χ4n) is 3.89. The molecule has 2 aliphatic rings. The van der Waals surface area contributed by atoms with Gasteiger partial charge in [0.05, 0.1) is 13.7 Å². The van der Waals surface area contributed by atoms with Crippen LogP contribution in [0.5, 0.6) is 5.75 Å². The van der Waals surface area contributed by atoms with E-state index in [1.54, 1.807) is 18.2 Å². The number of benzene rings is 2. The average Bonchev–Trinajstić information content (AvgIpc) is 3.16. The molecule has 1 fully saturated rings. The quantitative estimate of drug-likeness (QED) is 0.708. The van der Waals surface area contributed by atoms with Gasteiger partial charge in [0.25, 0.3) is 11.8 Å². The molecule has 0 spiro atoms. The number of aryl methyl sites for hydroxylation is 1. The van der Waals surface area contributed by atoms with Crippen molar-refractivity contribution in [1.29, 1.82) is 0 Å². The van der Waals surface area contributed by atoms with Gasteiger partial charge in [0.1, 0.15) is 22.9 Å². The van der Waals surface area contributed by atoms with Gasteiger partial charge in [-0.15, -0.1) is 0 Å². The topological polar surface area (TPSA) is 87.7 Å². The maximum atomic E-state index is 14.0. The van der Waals surface area contributed by atoms with Crippen LogP contribution < -0.4 is 15.4 Å². The Balaban J connectivity index is 1.57. The Morgan fingerprint density at radius 1 is 1.13 bits per heavy atom. The number of hydrogen-bond acceptors (Lipinski definition) is 4. The van der Waals surface area contributed by atoms with Crippen LogP contribution in [0.3, 0.4) is 0 Å². The molecule has 0 aromatic heterocycles. The molecule has 7 nitrogen and oxygen atoms in total. The van der Waals surface area contributed by atoms with Crippen molar-refractivity contribution in [3.8, 4) is 5.75 Å². The molecule has 2 aromatic rings. The van der Waals surface area contributed by atoms with Crippen molar-refractivity contribution in [1.82, 2.24) is 15.5 Å². The molecule has 1 saturated heterocycles. The van der Waals surface area contributed by atoms with Gasteiger partial charge in [-0.2, -0.15) is 0 Å². The van der Waals surface area contributed by atoms with E-state index in [0.29, 0.717) is 11.3 Å². The van der Waals surface area contributed by atoms with Crippen LogP contribution in [0.4, 0.5) is 13.6 Å². The Bertz CT molecular complexity index is 1060. The number of halogens is 2. The third-order valence-electron chi connectivity index (χ3n) is 5.51. The van der Waals surface area contributed by atoms with Gasteiger partial charge in [-0.1, -0.05) is 12.1 Å². The van der Waals surface area contributed by atoms with Gasteiger partial charge in [-0.25, -0.2) is 13.6 Å². The SMILES string of the molecule is COc1ccc2c(c1)C(=O)N(C[C@@]1(CCc3ccc(F)cc3F)NC(=O)NC1=O)C2. The van der Waals surface area contributed by atoms with Crippen LogP contribution in [0, 0.1) is 11.6 Å². The first-order valence-electron chi connectivity index (χ1n) is 9.35. The largest absolute Gasteiger partial charge is 0.497 e. The zero-order valence-corrected chi connectivity index (χ0v) is 16.1. The predicted molar refractivity (Wildman–Crippen MR) is 102 cm³/mol. The van der Waals surface area contributed by atoms with E-state index in [2.05, 4.69) is 10.6 Å². The van der Waals surface area contributed by atoms with Crippen molar-refractivity contribution in [2.45, 2.75) is 24.9 Å². The third-order valence-corrected chi connectivity index (χ3v) is 5.51. The number of nitrogens with zero attached hydrogens (tertiary/aromatic N) is 1.